The average molecular weight is 426 g/mol. The van der Waals surface area contributed by atoms with Crippen LogP contribution in [0.1, 0.15) is 23.2 Å². The fourth-order valence-corrected chi connectivity index (χ4v) is 4.84. The Balaban J connectivity index is 1.54. The molecule has 0 unspecified atom stereocenters. The molecule has 29 heavy (non-hydrogen) atoms. The van der Waals surface area contributed by atoms with E-state index in [0.29, 0.717) is 12.1 Å². The van der Waals surface area contributed by atoms with Crippen molar-refractivity contribution in [1.29, 1.82) is 0 Å². The van der Waals surface area contributed by atoms with Crippen molar-refractivity contribution in [2.45, 2.75) is 25.2 Å². The van der Waals surface area contributed by atoms with Gasteiger partial charge in [-0.2, -0.15) is 0 Å². The normalized spacial score (nSPS) is 12.1. The summed E-state index contributed by atoms with van der Waals surface area (Å²) in [6.07, 6.45) is 2.51. The van der Waals surface area contributed by atoms with Gasteiger partial charge in [0.05, 0.1) is 10.6 Å². The zero-order chi connectivity index (χ0) is 20.4. The Labute approximate surface area is 172 Å². The Morgan fingerprint density at radius 2 is 1.90 bits per heavy atom. The van der Waals surface area contributed by atoms with Crippen molar-refractivity contribution in [3.8, 4) is 0 Å². The summed E-state index contributed by atoms with van der Waals surface area (Å²) in [4.78, 5) is 7.98. The maximum absolute atomic E-state index is 12.5. The molecule has 148 valence electrons. The van der Waals surface area contributed by atoms with Gasteiger partial charge in [-0.05, 0) is 43.7 Å². The van der Waals surface area contributed by atoms with Gasteiger partial charge in [0.25, 0.3) is 10.0 Å². The largest absolute Gasteiger partial charge is 0.358 e. The smallest absolute Gasteiger partial charge is 0.263 e. The third-order valence-electron chi connectivity index (χ3n) is 4.42. The number of anilines is 1. The highest BCUT2D eigenvalue weighted by Gasteiger charge is 2.16. The van der Waals surface area contributed by atoms with Crippen molar-refractivity contribution < 1.29 is 8.42 Å². The third kappa shape index (κ3) is 4.06. The SMILES string of the molecule is CCc1nnc(NS(=O)(=O)c2ccc(N=Cc3c(C)[nH]c4ccccc34)cc2)s1. The van der Waals surface area contributed by atoms with Crippen LogP contribution in [0, 0.1) is 6.92 Å². The maximum atomic E-state index is 12.5. The number of nitrogens with zero attached hydrogens (tertiary/aromatic N) is 3. The van der Waals surface area contributed by atoms with Crippen LogP contribution in [0.5, 0.6) is 0 Å². The Morgan fingerprint density at radius 1 is 1.14 bits per heavy atom. The number of fused-ring (bicyclic) bond motifs is 1. The maximum Gasteiger partial charge on any atom is 0.263 e. The number of H-pyrrole nitrogens is 1. The number of hydrogen-bond acceptors (Lipinski definition) is 6. The molecule has 0 atom stereocenters. The summed E-state index contributed by atoms with van der Waals surface area (Å²) in [5.74, 6) is 0. The van der Waals surface area contributed by atoms with E-state index < -0.39 is 10.0 Å². The van der Waals surface area contributed by atoms with E-state index in [1.165, 1.54) is 23.5 Å². The van der Waals surface area contributed by atoms with E-state index in [0.717, 1.165) is 27.2 Å². The van der Waals surface area contributed by atoms with Crippen LogP contribution in [0.3, 0.4) is 0 Å². The number of aryl methyl sites for hydroxylation is 2. The molecule has 0 amide bonds. The van der Waals surface area contributed by atoms with Gasteiger partial charge in [-0.15, -0.1) is 10.2 Å². The molecule has 2 N–H and O–H groups in total. The number of para-hydroxylation sites is 1. The molecular weight excluding hydrogens is 406 g/mol. The van der Waals surface area contributed by atoms with Gasteiger partial charge in [-0.25, -0.2) is 8.42 Å². The highest BCUT2D eigenvalue weighted by atomic mass is 32.2. The van der Waals surface area contributed by atoms with E-state index in [4.69, 9.17) is 0 Å². The minimum Gasteiger partial charge on any atom is -0.358 e. The van der Waals surface area contributed by atoms with Crippen molar-refractivity contribution >= 4 is 49.3 Å². The lowest BCUT2D eigenvalue weighted by atomic mass is 10.1. The lowest BCUT2D eigenvalue weighted by Gasteiger charge is -2.04. The van der Waals surface area contributed by atoms with Gasteiger partial charge in [0.2, 0.25) is 5.13 Å². The van der Waals surface area contributed by atoms with Gasteiger partial charge in [0, 0.05) is 28.4 Å². The highest BCUT2D eigenvalue weighted by molar-refractivity contribution is 7.93. The van der Waals surface area contributed by atoms with Crippen molar-refractivity contribution in [2.24, 2.45) is 4.99 Å². The molecular formula is C20H19N5O2S2. The van der Waals surface area contributed by atoms with Crippen molar-refractivity contribution in [3.63, 3.8) is 0 Å². The number of sulfonamides is 1. The summed E-state index contributed by atoms with van der Waals surface area (Å²) in [5.41, 5.74) is 3.77. The Bertz CT molecular complexity index is 1290. The zero-order valence-electron chi connectivity index (χ0n) is 15.9. The second-order valence-corrected chi connectivity index (χ2v) is 9.17. The van der Waals surface area contributed by atoms with Crippen LogP contribution in [-0.4, -0.2) is 29.8 Å². The summed E-state index contributed by atoms with van der Waals surface area (Å²) >= 11 is 1.23. The van der Waals surface area contributed by atoms with E-state index in [-0.39, 0.29) is 10.0 Å². The van der Waals surface area contributed by atoms with Crippen LogP contribution < -0.4 is 4.72 Å². The molecule has 9 heteroatoms. The van der Waals surface area contributed by atoms with E-state index in [9.17, 15) is 8.42 Å². The standard InChI is InChI=1S/C20H19N5O2S2/c1-3-19-23-24-20(28-19)25-29(26,27)15-10-8-14(9-11-15)21-12-17-13(2)22-18-7-5-4-6-16(17)18/h4-12,22H,3H2,1-2H3,(H,24,25). The molecule has 0 saturated carbocycles. The lowest BCUT2D eigenvalue weighted by Crippen LogP contribution is -2.12. The first-order valence-corrected chi connectivity index (χ1v) is 11.3. The average Bonchev–Trinajstić information content (AvgIpc) is 3.29. The molecule has 0 aliphatic heterocycles. The molecule has 4 rings (SSSR count). The Morgan fingerprint density at radius 3 is 2.62 bits per heavy atom. The van der Waals surface area contributed by atoms with Crippen LogP contribution >= 0.6 is 11.3 Å². The first kappa shape index (κ1) is 19.3. The van der Waals surface area contributed by atoms with Crippen molar-refractivity contribution in [2.75, 3.05) is 4.72 Å². The van der Waals surface area contributed by atoms with Gasteiger partial charge in [-0.3, -0.25) is 9.71 Å². The number of aliphatic imine (C=N–C) groups is 1. The number of hydrogen-bond donors (Lipinski definition) is 2. The summed E-state index contributed by atoms with van der Waals surface area (Å²) in [5, 5.41) is 9.92. The molecule has 7 nitrogen and oxygen atoms in total. The number of nitrogens with one attached hydrogen (secondary N) is 2. The van der Waals surface area contributed by atoms with Crippen LogP contribution in [0.25, 0.3) is 10.9 Å². The summed E-state index contributed by atoms with van der Waals surface area (Å²) < 4.78 is 27.5. The fraction of sp³-hybridized carbons (Fsp3) is 0.150. The van der Waals surface area contributed by atoms with Gasteiger partial charge in [0.15, 0.2) is 0 Å². The van der Waals surface area contributed by atoms with E-state index >= 15 is 0 Å². The monoisotopic (exact) mass is 425 g/mol. The fourth-order valence-electron chi connectivity index (χ4n) is 2.93. The van der Waals surface area contributed by atoms with E-state index in [1.807, 2.05) is 38.1 Å². The second-order valence-electron chi connectivity index (χ2n) is 6.42. The Hall–Kier alpha value is -3.04. The number of rotatable bonds is 6. The van der Waals surface area contributed by atoms with E-state index in [2.05, 4.69) is 24.9 Å². The topological polar surface area (TPSA) is 100 Å². The molecule has 2 aromatic carbocycles. The van der Waals surface area contributed by atoms with Crippen LogP contribution in [0.2, 0.25) is 0 Å². The summed E-state index contributed by atoms with van der Waals surface area (Å²) in [7, 11) is -3.72. The number of benzene rings is 2. The molecule has 0 spiro atoms. The minimum absolute atomic E-state index is 0.146. The quantitative estimate of drug-likeness (QED) is 0.446. The molecule has 0 aliphatic rings. The van der Waals surface area contributed by atoms with Gasteiger partial charge in [-0.1, -0.05) is 36.5 Å². The van der Waals surface area contributed by atoms with Gasteiger partial charge >= 0.3 is 0 Å². The summed E-state index contributed by atoms with van der Waals surface area (Å²) in [6.45, 7) is 3.94. The predicted molar refractivity (Wildman–Crippen MR) is 117 cm³/mol. The van der Waals surface area contributed by atoms with Crippen molar-refractivity contribution in [1.82, 2.24) is 15.2 Å². The van der Waals surface area contributed by atoms with Gasteiger partial charge < -0.3 is 4.98 Å². The highest BCUT2D eigenvalue weighted by Crippen LogP contribution is 2.24. The van der Waals surface area contributed by atoms with Crippen LogP contribution in [-0.2, 0) is 16.4 Å². The molecule has 0 fully saturated rings. The number of aromatic amines is 1. The van der Waals surface area contributed by atoms with Crippen LogP contribution in [0.15, 0.2) is 58.4 Å². The van der Waals surface area contributed by atoms with Crippen LogP contribution in [0.4, 0.5) is 10.8 Å². The lowest BCUT2D eigenvalue weighted by molar-refractivity contribution is 0.601. The zero-order valence-corrected chi connectivity index (χ0v) is 17.5. The number of aromatic nitrogens is 3. The third-order valence-corrected chi connectivity index (χ3v) is 6.89. The second kappa shape index (κ2) is 7.76. The van der Waals surface area contributed by atoms with E-state index in [1.54, 1.807) is 18.3 Å². The van der Waals surface area contributed by atoms with Gasteiger partial charge in [0.1, 0.15) is 5.01 Å². The summed E-state index contributed by atoms with van der Waals surface area (Å²) in [6, 6.07) is 14.4. The van der Waals surface area contributed by atoms with Crippen molar-refractivity contribution in [3.05, 3.63) is 64.8 Å². The molecule has 0 aliphatic carbocycles. The predicted octanol–water partition coefficient (Wildman–Crippen LogP) is 4.44. The molecule has 4 aromatic rings. The first-order chi connectivity index (χ1) is 14.0. The molecule has 2 aromatic heterocycles. The molecule has 0 bridgehead atoms. The molecule has 0 radical (unpaired) electrons. The molecule has 0 saturated heterocycles. The minimum atomic E-state index is -3.72. The Kier molecular flexibility index (Phi) is 5.16. The molecule has 2 heterocycles. The first-order valence-electron chi connectivity index (χ1n) is 9.03.